The van der Waals surface area contributed by atoms with Gasteiger partial charge in [-0.1, -0.05) is 48.5 Å². The molecule has 0 atom stereocenters. The summed E-state index contributed by atoms with van der Waals surface area (Å²) in [7, 11) is 0. The number of carbonyl (C=O) groups excluding carboxylic acids is 1. The average molecular weight is 431 g/mol. The van der Waals surface area contributed by atoms with E-state index in [2.05, 4.69) is 4.57 Å². The maximum Gasteiger partial charge on any atom is 0.257 e. The monoisotopic (exact) mass is 431 g/mol. The highest BCUT2D eigenvalue weighted by Gasteiger charge is 2.27. The fourth-order valence-corrected chi connectivity index (χ4v) is 4.02. The van der Waals surface area contributed by atoms with Crippen LogP contribution in [-0.2, 0) is 19.6 Å². The smallest absolute Gasteiger partial charge is 0.257 e. The highest BCUT2D eigenvalue weighted by molar-refractivity contribution is 5.94. The van der Waals surface area contributed by atoms with E-state index < -0.39 is 17.5 Å². The Morgan fingerprint density at radius 1 is 0.938 bits per heavy atom. The molecule has 0 aliphatic heterocycles. The van der Waals surface area contributed by atoms with Gasteiger partial charge in [-0.2, -0.15) is 0 Å². The molecule has 1 aromatic heterocycles. The molecule has 1 heterocycles. The summed E-state index contributed by atoms with van der Waals surface area (Å²) in [6.45, 7) is 1.31. The maximum absolute atomic E-state index is 14.5. The number of fused-ring (bicyclic) bond motifs is 1. The number of imidazole rings is 1. The highest BCUT2D eigenvalue weighted by atomic mass is 19.2. The first-order valence-electron chi connectivity index (χ1n) is 10.8. The standard InChI is InChI=1S/C26H23F2N3O/c27-21-10-6-9-20(25(21)28)26(32)30(15-18-7-2-1-3-8-18)17-24-29-22-11-4-5-12-23(22)31(24)16-19-13-14-19/h1-12,19H,13-17H2. The normalized spacial score (nSPS) is 13.4. The van der Waals surface area contributed by atoms with Crippen molar-refractivity contribution in [3.8, 4) is 0 Å². The summed E-state index contributed by atoms with van der Waals surface area (Å²) in [6, 6.07) is 21.1. The maximum atomic E-state index is 14.5. The Hall–Kier alpha value is -3.54. The van der Waals surface area contributed by atoms with Crippen LogP contribution in [0.15, 0.2) is 72.8 Å². The van der Waals surface area contributed by atoms with E-state index in [4.69, 9.17) is 4.98 Å². The number of benzene rings is 3. The number of nitrogens with zero attached hydrogens (tertiary/aromatic N) is 3. The van der Waals surface area contributed by atoms with Gasteiger partial charge in [-0.15, -0.1) is 0 Å². The van der Waals surface area contributed by atoms with Gasteiger partial charge in [0.05, 0.1) is 23.1 Å². The Labute approximate surface area is 185 Å². The van der Waals surface area contributed by atoms with Crippen LogP contribution >= 0.6 is 0 Å². The molecule has 4 nitrogen and oxygen atoms in total. The largest absolute Gasteiger partial charge is 0.327 e. The quantitative estimate of drug-likeness (QED) is 0.384. The minimum atomic E-state index is -1.12. The molecule has 0 radical (unpaired) electrons. The number of halogens is 2. The van der Waals surface area contributed by atoms with Crippen molar-refractivity contribution in [1.29, 1.82) is 0 Å². The van der Waals surface area contributed by atoms with Gasteiger partial charge in [0.1, 0.15) is 5.82 Å². The molecule has 0 spiro atoms. The molecule has 1 saturated carbocycles. The van der Waals surface area contributed by atoms with Crippen molar-refractivity contribution in [2.75, 3.05) is 0 Å². The minimum absolute atomic E-state index is 0.199. The molecule has 0 saturated heterocycles. The molecule has 0 bridgehead atoms. The highest BCUT2D eigenvalue weighted by Crippen LogP contribution is 2.33. The van der Waals surface area contributed by atoms with Gasteiger partial charge in [0.25, 0.3) is 5.91 Å². The molecular formula is C26H23F2N3O. The van der Waals surface area contributed by atoms with Crippen molar-refractivity contribution < 1.29 is 13.6 Å². The van der Waals surface area contributed by atoms with Crippen LogP contribution in [0.2, 0.25) is 0 Å². The first kappa shape index (κ1) is 20.4. The summed E-state index contributed by atoms with van der Waals surface area (Å²) in [6.07, 6.45) is 2.38. The molecule has 0 N–H and O–H groups in total. The van der Waals surface area contributed by atoms with Gasteiger partial charge >= 0.3 is 0 Å². The van der Waals surface area contributed by atoms with Crippen molar-refractivity contribution in [2.24, 2.45) is 5.92 Å². The molecule has 4 aromatic rings. The number of para-hydroxylation sites is 2. The van der Waals surface area contributed by atoms with Crippen LogP contribution in [0.4, 0.5) is 8.78 Å². The third-order valence-electron chi connectivity index (χ3n) is 5.89. The van der Waals surface area contributed by atoms with Crippen LogP contribution in [0.1, 0.15) is 34.6 Å². The summed E-state index contributed by atoms with van der Waals surface area (Å²) in [4.78, 5) is 19.7. The van der Waals surface area contributed by atoms with Crippen LogP contribution in [0.25, 0.3) is 11.0 Å². The fourth-order valence-electron chi connectivity index (χ4n) is 4.02. The third kappa shape index (κ3) is 4.13. The molecule has 1 fully saturated rings. The summed E-state index contributed by atoms with van der Waals surface area (Å²) in [5, 5.41) is 0. The van der Waals surface area contributed by atoms with Gasteiger partial charge in [-0.25, -0.2) is 13.8 Å². The Morgan fingerprint density at radius 3 is 2.47 bits per heavy atom. The summed E-state index contributed by atoms with van der Waals surface area (Å²) in [5.74, 6) is -1.35. The second-order valence-corrected chi connectivity index (χ2v) is 8.32. The van der Waals surface area contributed by atoms with E-state index in [9.17, 15) is 13.6 Å². The Balaban J connectivity index is 1.53. The lowest BCUT2D eigenvalue weighted by atomic mass is 10.1. The van der Waals surface area contributed by atoms with Crippen LogP contribution in [-0.4, -0.2) is 20.4 Å². The van der Waals surface area contributed by atoms with Gasteiger partial charge in [-0.05, 0) is 48.6 Å². The summed E-state index contributed by atoms with van der Waals surface area (Å²) >= 11 is 0. The SMILES string of the molecule is O=C(c1cccc(F)c1F)N(Cc1ccccc1)Cc1nc2ccccc2n1CC1CC1. The molecule has 3 aromatic carbocycles. The third-order valence-corrected chi connectivity index (χ3v) is 5.89. The first-order valence-corrected chi connectivity index (χ1v) is 10.8. The van der Waals surface area contributed by atoms with Crippen LogP contribution in [0, 0.1) is 17.6 Å². The number of carbonyl (C=O) groups is 1. The topological polar surface area (TPSA) is 38.1 Å². The number of rotatable bonds is 7. The Bertz CT molecular complexity index is 1260. The first-order chi connectivity index (χ1) is 15.6. The zero-order valence-electron chi connectivity index (χ0n) is 17.5. The van der Waals surface area contributed by atoms with Crippen molar-refractivity contribution in [3.05, 3.63) is 101 Å². The van der Waals surface area contributed by atoms with Gasteiger partial charge < -0.3 is 9.47 Å². The lowest BCUT2D eigenvalue weighted by Crippen LogP contribution is -2.32. The van der Waals surface area contributed by atoms with E-state index in [1.807, 2.05) is 54.6 Å². The lowest BCUT2D eigenvalue weighted by Gasteiger charge is -2.23. The molecule has 0 unspecified atom stereocenters. The minimum Gasteiger partial charge on any atom is -0.327 e. The molecule has 5 rings (SSSR count). The van der Waals surface area contributed by atoms with Gasteiger partial charge in [0.2, 0.25) is 0 Å². The van der Waals surface area contributed by atoms with E-state index in [0.29, 0.717) is 5.92 Å². The van der Waals surface area contributed by atoms with E-state index in [0.717, 1.165) is 35.0 Å². The lowest BCUT2D eigenvalue weighted by molar-refractivity contribution is 0.0717. The summed E-state index contributed by atoms with van der Waals surface area (Å²) < 4.78 is 30.5. The van der Waals surface area contributed by atoms with E-state index in [1.54, 1.807) is 0 Å². The summed E-state index contributed by atoms with van der Waals surface area (Å²) in [5.41, 5.74) is 2.53. The number of hydrogen-bond acceptors (Lipinski definition) is 2. The van der Waals surface area contributed by atoms with Crippen molar-refractivity contribution in [3.63, 3.8) is 0 Å². The zero-order chi connectivity index (χ0) is 22.1. The second kappa shape index (κ2) is 8.54. The fraction of sp³-hybridized carbons (Fsp3) is 0.231. The van der Waals surface area contributed by atoms with Crippen LogP contribution in [0.3, 0.4) is 0 Å². The molecule has 6 heteroatoms. The van der Waals surface area contributed by atoms with E-state index in [1.165, 1.54) is 29.9 Å². The predicted octanol–water partition coefficient (Wildman–Crippen LogP) is 5.57. The van der Waals surface area contributed by atoms with Gasteiger partial charge in [0, 0.05) is 13.1 Å². The van der Waals surface area contributed by atoms with Crippen molar-refractivity contribution in [2.45, 2.75) is 32.5 Å². The molecule has 162 valence electrons. The van der Waals surface area contributed by atoms with Crippen LogP contribution < -0.4 is 0 Å². The predicted molar refractivity (Wildman–Crippen MR) is 119 cm³/mol. The Kier molecular flexibility index (Phi) is 5.43. The molecular weight excluding hydrogens is 408 g/mol. The zero-order valence-corrected chi connectivity index (χ0v) is 17.5. The van der Waals surface area contributed by atoms with E-state index in [-0.39, 0.29) is 18.7 Å². The van der Waals surface area contributed by atoms with E-state index >= 15 is 0 Å². The molecule has 1 aliphatic rings. The molecule has 1 aliphatic carbocycles. The molecule has 1 amide bonds. The molecule has 32 heavy (non-hydrogen) atoms. The number of amides is 1. The van der Waals surface area contributed by atoms with Crippen molar-refractivity contribution >= 4 is 16.9 Å². The van der Waals surface area contributed by atoms with Crippen LogP contribution in [0.5, 0.6) is 0 Å². The number of aromatic nitrogens is 2. The Morgan fingerprint density at radius 2 is 1.69 bits per heavy atom. The van der Waals surface area contributed by atoms with Gasteiger partial charge in [-0.3, -0.25) is 4.79 Å². The van der Waals surface area contributed by atoms with Crippen molar-refractivity contribution in [1.82, 2.24) is 14.5 Å². The number of hydrogen-bond donors (Lipinski definition) is 0. The second-order valence-electron chi connectivity index (χ2n) is 8.32. The average Bonchev–Trinajstić information content (AvgIpc) is 3.57. The van der Waals surface area contributed by atoms with Gasteiger partial charge in [0.15, 0.2) is 11.6 Å².